The highest BCUT2D eigenvalue weighted by Crippen LogP contribution is 2.05. The maximum absolute atomic E-state index is 13.2. The van der Waals surface area contributed by atoms with Gasteiger partial charge < -0.3 is 11.1 Å². The predicted molar refractivity (Wildman–Crippen MR) is 64.8 cm³/mol. The van der Waals surface area contributed by atoms with Gasteiger partial charge in [0.2, 0.25) is 0 Å². The van der Waals surface area contributed by atoms with Gasteiger partial charge in [-0.1, -0.05) is 24.4 Å². The fourth-order valence-corrected chi connectivity index (χ4v) is 1.35. The van der Waals surface area contributed by atoms with Crippen LogP contribution in [0.15, 0.2) is 24.3 Å². The molecule has 5 heteroatoms. The first-order valence-corrected chi connectivity index (χ1v) is 5.33. The molecule has 0 unspecified atom stereocenters. The molecule has 0 aliphatic carbocycles. The van der Waals surface area contributed by atoms with Crippen LogP contribution in [0.3, 0.4) is 0 Å². The number of hydrogen-bond donors (Lipinski definition) is 2. The number of amides is 1. The third-order valence-corrected chi connectivity index (χ3v) is 2.21. The van der Waals surface area contributed by atoms with Crippen molar-refractivity contribution in [3.63, 3.8) is 0 Å². The van der Waals surface area contributed by atoms with E-state index in [-0.39, 0.29) is 5.56 Å². The quantitative estimate of drug-likeness (QED) is 0.607. The first kappa shape index (κ1) is 12.6. The van der Waals surface area contributed by atoms with Gasteiger partial charge in [-0.15, -0.1) is 0 Å². The van der Waals surface area contributed by atoms with Crippen molar-refractivity contribution in [2.24, 2.45) is 5.73 Å². The van der Waals surface area contributed by atoms with Crippen molar-refractivity contribution in [1.29, 1.82) is 0 Å². The van der Waals surface area contributed by atoms with Crippen LogP contribution in [0.1, 0.15) is 23.2 Å². The summed E-state index contributed by atoms with van der Waals surface area (Å²) < 4.78 is 13.2. The number of thiocarbonyl (C=S) groups is 1. The van der Waals surface area contributed by atoms with E-state index in [1.807, 2.05) is 0 Å². The fourth-order valence-electron chi connectivity index (χ4n) is 1.21. The van der Waals surface area contributed by atoms with Gasteiger partial charge in [-0.3, -0.25) is 4.79 Å². The van der Waals surface area contributed by atoms with E-state index < -0.39 is 11.7 Å². The zero-order chi connectivity index (χ0) is 12.0. The Hall–Kier alpha value is -1.49. The molecule has 0 heterocycles. The summed E-state index contributed by atoms with van der Waals surface area (Å²) in [5, 5.41) is 2.60. The summed E-state index contributed by atoms with van der Waals surface area (Å²) in [4.78, 5) is 11.9. The van der Waals surface area contributed by atoms with Crippen molar-refractivity contribution in [3.8, 4) is 0 Å². The first-order valence-electron chi connectivity index (χ1n) is 4.92. The van der Waals surface area contributed by atoms with Crippen LogP contribution in [0.2, 0.25) is 0 Å². The monoisotopic (exact) mass is 240 g/mol. The van der Waals surface area contributed by atoms with E-state index in [0.717, 1.165) is 0 Å². The Kier molecular flexibility index (Phi) is 4.85. The first-order chi connectivity index (χ1) is 7.61. The van der Waals surface area contributed by atoms with E-state index in [9.17, 15) is 9.18 Å². The molecule has 1 rings (SSSR count). The molecule has 1 aromatic carbocycles. The molecule has 0 atom stereocenters. The van der Waals surface area contributed by atoms with E-state index in [2.05, 4.69) is 5.32 Å². The van der Waals surface area contributed by atoms with Gasteiger partial charge >= 0.3 is 0 Å². The summed E-state index contributed by atoms with van der Waals surface area (Å²) in [5.41, 5.74) is 5.36. The Labute approximate surface area is 98.8 Å². The molecule has 3 nitrogen and oxygen atoms in total. The summed E-state index contributed by atoms with van der Waals surface area (Å²) in [5.74, 6) is -0.935. The van der Waals surface area contributed by atoms with Crippen LogP contribution in [0.25, 0.3) is 0 Å². The third-order valence-electron chi connectivity index (χ3n) is 2.00. The van der Waals surface area contributed by atoms with E-state index in [1.165, 1.54) is 12.1 Å². The van der Waals surface area contributed by atoms with E-state index >= 15 is 0 Å². The fraction of sp³-hybridized carbons (Fsp3) is 0.273. The molecule has 1 amide bonds. The van der Waals surface area contributed by atoms with Gasteiger partial charge in [0, 0.05) is 6.54 Å². The minimum absolute atomic E-state index is 0.0535. The highest BCUT2D eigenvalue weighted by molar-refractivity contribution is 7.80. The number of carbonyl (C=O) groups excluding carboxylic acids is 1. The largest absolute Gasteiger partial charge is 0.393 e. The second-order valence-corrected chi connectivity index (χ2v) is 3.83. The molecule has 3 N–H and O–H groups in total. The summed E-state index contributed by atoms with van der Waals surface area (Å²) >= 11 is 4.69. The lowest BCUT2D eigenvalue weighted by atomic mass is 10.2. The molecule has 0 fully saturated rings. The van der Waals surface area contributed by atoms with Crippen molar-refractivity contribution in [3.05, 3.63) is 35.6 Å². The Morgan fingerprint density at radius 2 is 2.12 bits per heavy atom. The number of benzene rings is 1. The van der Waals surface area contributed by atoms with Gasteiger partial charge in [0.25, 0.3) is 5.91 Å². The lowest BCUT2D eigenvalue weighted by molar-refractivity contribution is 0.0949. The molecule has 0 aliphatic heterocycles. The number of halogens is 1. The highest BCUT2D eigenvalue weighted by Gasteiger charge is 2.09. The molecule has 16 heavy (non-hydrogen) atoms. The molecule has 0 aliphatic rings. The molecular weight excluding hydrogens is 227 g/mol. The normalized spacial score (nSPS) is 9.81. The van der Waals surface area contributed by atoms with E-state index in [1.54, 1.807) is 12.1 Å². The van der Waals surface area contributed by atoms with Gasteiger partial charge in [-0.2, -0.15) is 0 Å². The average molecular weight is 240 g/mol. The number of nitrogens with two attached hydrogens (primary N) is 1. The molecule has 0 saturated heterocycles. The number of hydrogen-bond acceptors (Lipinski definition) is 2. The molecule has 0 aromatic heterocycles. The second kappa shape index (κ2) is 6.17. The van der Waals surface area contributed by atoms with Gasteiger partial charge in [0.1, 0.15) is 5.82 Å². The van der Waals surface area contributed by atoms with E-state index in [4.69, 9.17) is 18.0 Å². The van der Waals surface area contributed by atoms with Crippen LogP contribution >= 0.6 is 12.2 Å². The summed E-state index contributed by atoms with van der Waals surface area (Å²) in [6.45, 7) is 0.435. The smallest absolute Gasteiger partial charge is 0.254 e. The minimum Gasteiger partial charge on any atom is -0.393 e. The average Bonchev–Trinajstić information content (AvgIpc) is 2.24. The van der Waals surface area contributed by atoms with Crippen LogP contribution in [-0.2, 0) is 0 Å². The van der Waals surface area contributed by atoms with Crippen LogP contribution in [0.4, 0.5) is 4.39 Å². The highest BCUT2D eigenvalue weighted by atomic mass is 32.1. The Morgan fingerprint density at radius 1 is 1.44 bits per heavy atom. The van der Waals surface area contributed by atoms with Crippen molar-refractivity contribution in [2.75, 3.05) is 6.54 Å². The lowest BCUT2D eigenvalue weighted by Crippen LogP contribution is -2.26. The topological polar surface area (TPSA) is 55.1 Å². The Bertz CT molecular complexity index is 395. The zero-order valence-electron chi connectivity index (χ0n) is 8.70. The van der Waals surface area contributed by atoms with Crippen LogP contribution in [0, 0.1) is 5.82 Å². The van der Waals surface area contributed by atoms with Gasteiger partial charge in [-0.05, 0) is 25.0 Å². The van der Waals surface area contributed by atoms with Crippen LogP contribution < -0.4 is 11.1 Å². The summed E-state index contributed by atoms with van der Waals surface area (Å²) in [7, 11) is 0. The zero-order valence-corrected chi connectivity index (χ0v) is 9.52. The minimum atomic E-state index is -0.519. The molecule has 0 radical (unpaired) electrons. The maximum atomic E-state index is 13.2. The van der Waals surface area contributed by atoms with Crippen LogP contribution in [-0.4, -0.2) is 17.4 Å². The van der Waals surface area contributed by atoms with Gasteiger partial charge in [0.05, 0.1) is 10.6 Å². The standard InChI is InChI=1S/C11H13FN2OS/c12-9-5-2-1-4-8(9)11(15)14-7-3-6-10(13)16/h1-2,4-5H,3,6-7H2,(H2,13,16)(H,14,15). The van der Waals surface area contributed by atoms with E-state index in [0.29, 0.717) is 24.4 Å². The second-order valence-electron chi connectivity index (χ2n) is 3.31. The molecule has 86 valence electrons. The number of rotatable bonds is 5. The van der Waals surface area contributed by atoms with Crippen molar-refractivity contribution in [2.45, 2.75) is 12.8 Å². The van der Waals surface area contributed by atoms with Gasteiger partial charge in [-0.25, -0.2) is 4.39 Å². The van der Waals surface area contributed by atoms with Crippen molar-refractivity contribution < 1.29 is 9.18 Å². The number of carbonyl (C=O) groups is 1. The third kappa shape index (κ3) is 3.94. The summed E-state index contributed by atoms with van der Waals surface area (Å²) in [6.07, 6.45) is 1.24. The van der Waals surface area contributed by atoms with Crippen molar-refractivity contribution >= 4 is 23.1 Å². The predicted octanol–water partition coefficient (Wildman–Crippen LogP) is 1.62. The SMILES string of the molecule is NC(=S)CCCNC(=O)c1ccccc1F. The van der Waals surface area contributed by atoms with Gasteiger partial charge in [0.15, 0.2) is 0 Å². The Balaban J connectivity index is 2.41. The summed E-state index contributed by atoms with van der Waals surface area (Å²) in [6, 6.07) is 5.86. The van der Waals surface area contributed by atoms with Crippen molar-refractivity contribution in [1.82, 2.24) is 5.32 Å². The maximum Gasteiger partial charge on any atom is 0.254 e. The lowest BCUT2D eigenvalue weighted by Gasteiger charge is -2.05. The molecule has 0 saturated carbocycles. The Morgan fingerprint density at radius 3 is 2.75 bits per heavy atom. The molecule has 0 bridgehead atoms. The molecule has 1 aromatic rings. The molecule has 0 spiro atoms. The van der Waals surface area contributed by atoms with Crippen LogP contribution in [0.5, 0.6) is 0 Å². The number of nitrogens with one attached hydrogen (secondary N) is 1. The molecular formula is C11H13FN2OS.